The first-order valence-electron chi connectivity index (χ1n) is 6.92. The van der Waals surface area contributed by atoms with Gasteiger partial charge in [-0.2, -0.15) is 0 Å². The number of carbonyl (C=O) groups is 2. The molecule has 1 amide bonds. The second kappa shape index (κ2) is 8.00. The van der Waals surface area contributed by atoms with Crippen LogP contribution < -0.4 is 0 Å². The summed E-state index contributed by atoms with van der Waals surface area (Å²) in [6, 6.07) is 7.69. The molecule has 1 fully saturated rings. The molecule has 1 aromatic rings. The molecular formula is C15H21ClN2O3. The molecule has 0 aromatic heterocycles. The van der Waals surface area contributed by atoms with Crippen molar-refractivity contribution < 1.29 is 14.7 Å². The Bertz CT molecular complexity index is 482. The van der Waals surface area contributed by atoms with Gasteiger partial charge in [-0.1, -0.05) is 19.1 Å². The van der Waals surface area contributed by atoms with Crippen molar-refractivity contribution in [2.45, 2.75) is 13.3 Å². The lowest BCUT2D eigenvalue weighted by Gasteiger charge is -2.33. The zero-order valence-electron chi connectivity index (χ0n) is 12.1. The lowest BCUT2D eigenvalue weighted by Crippen LogP contribution is -2.49. The summed E-state index contributed by atoms with van der Waals surface area (Å²) in [6.07, 6.45) is 0.961. The fourth-order valence-electron chi connectivity index (χ4n) is 2.37. The van der Waals surface area contributed by atoms with E-state index in [1.807, 2.05) is 29.2 Å². The number of nitrogens with zero attached hydrogens (tertiary/aromatic N) is 2. The SMILES string of the molecule is CCc1ccc(C(=O)N2CCN(CC(=O)O)CC2)cc1.Cl. The number of piperazine rings is 1. The Morgan fingerprint density at radius 3 is 2.14 bits per heavy atom. The highest BCUT2D eigenvalue weighted by Gasteiger charge is 2.22. The first-order chi connectivity index (χ1) is 9.60. The predicted octanol–water partition coefficient (Wildman–Crippen LogP) is 1.51. The number of amides is 1. The molecule has 0 bridgehead atoms. The summed E-state index contributed by atoms with van der Waals surface area (Å²) in [5.74, 6) is -0.789. The summed E-state index contributed by atoms with van der Waals surface area (Å²) in [5.41, 5.74) is 1.92. The lowest BCUT2D eigenvalue weighted by molar-refractivity contribution is -0.138. The molecule has 6 heteroatoms. The maximum absolute atomic E-state index is 12.3. The Balaban J connectivity index is 0.00000220. The summed E-state index contributed by atoms with van der Waals surface area (Å²) in [4.78, 5) is 26.6. The zero-order chi connectivity index (χ0) is 14.5. The standard InChI is InChI=1S/C15H20N2O3.ClH/c1-2-12-3-5-13(6-4-12)15(20)17-9-7-16(8-10-17)11-14(18)19;/h3-6H,2,7-11H2,1H3,(H,18,19);1H. The van der Waals surface area contributed by atoms with Gasteiger partial charge in [-0.3, -0.25) is 14.5 Å². The molecule has 1 heterocycles. The molecule has 5 nitrogen and oxygen atoms in total. The fraction of sp³-hybridized carbons (Fsp3) is 0.467. The molecule has 0 radical (unpaired) electrons. The molecule has 1 aromatic carbocycles. The number of aliphatic carboxylic acids is 1. The Hall–Kier alpha value is -1.59. The summed E-state index contributed by atoms with van der Waals surface area (Å²) in [7, 11) is 0. The topological polar surface area (TPSA) is 60.9 Å². The van der Waals surface area contributed by atoms with E-state index in [2.05, 4.69) is 6.92 Å². The van der Waals surface area contributed by atoms with E-state index in [1.54, 1.807) is 4.90 Å². The number of benzene rings is 1. The van der Waals surface area contributed by atoms with E-state index >= 15 is 0 Å². The monoisotopic (exact) mass is 312 g/mol. The van der Waals surface area contributed by atoms with E-state index in [4.69, 9.17) is 5.11 Å². The van der Waals surface area contributed by atoms with Gasteiger partial charge in [0.15, 0.2) is 0 Å². The summed E-state index contributed by atoms with van der Waals surface area (Å²) in [5, 5.41) is 8.75. The first kappa shape index (κ1) is 17.5. The molecule has 0 aliphatic carbocycles. The second-order valence-electron chi connectivity index (χ2n) is 5.01. The highest BCUT2D eigenvalue weighted by molar-refractivity contribution is 5.94. The van der Waals surface area contributed by atoms with Gasteiger partial charge >= 0.3 is 5.97 Å². The molecule has 2 rings (SSSR count). The quantitative estimate of drug-likeness (QED) is 0.915. The van der Waals surface area contributed by atoms with Crippen molar-refractivity contribution in [2.24, 2.45) is 0 Å². The highest BCUT2D eigenvalue weighted by atomic mass is 35.5. The molecule has 1 N–H and O–H groups in total. The van der Waals surface area contributed by atoms with Crippen LogP contribution in [0, 0.1) is 0 Å². The van der Waals surface area contributed by atoms with Gasteiger partial charge in [-0.05, 0) is 24.1 Å². The van der Waals surface area contributed by atoms with E-state index < -0.39 is 5.97 Å². The molecule has 116 valence electrons. The normalized spacial score (nSPS) is 15.4. The summed E-state index contributed by atoms with van der Waals surface area (Å²) >= 11 is 0. The Morgan fingerprint density at radius 2 is 1.67 bits per heavy atom. The van der Waals surface area contributed by atoms with Gasteiger partial charge in [0.2, 0.25) is 0 Å². The molecule has 0 saturated carbocycles. The van der Waals surface area contributed by atoms with Crippen LogP contribution in [0.2, 0.25) is 0 Å². The number of carbonyl (C=O) groups excluding carboxylic acids is 1. The maximum atomic E-state index is 12.3. The minimum atomic E-state index is -0.820. The molecule has 21 heavy (non-hydrogen) atoms. The van der Waals surface area contributed by atoms with Crippen LogP contribution in [0.15, 0.2) is 24.3 Å². The largest absolute Gasteiger partial charge is 0.480 e. The maximum Gasteiger partial charge on any atom is 0.317 e. The third kappa shape index (κ3) is 4.72. The van der Waals surface area contributed by atoms with E-state index in [0.29, 0.717) is 31.7 Å². The average molecular weight is 313 g/mol. The van der Waals surface area contributed by atoms with Gasteiger partial charge in [-0.25, -0.2) is 0 Å². The van der Waals surface area contributed by atoms with Gasteiger partial charge < -0.3 is 10.0 Å². The van der Waals surface area contributed by atoms with Crippen LogP contribution in [0.4, 0.5) is 0 Å². The van der Waals surface area contributed by atoms with Gasteiger partial charge in [0.25, 0.3) is 5.91 Å². The van der Waals surface area contributed by atoms with E-state index in [9.17, 15) is 9.59 Å². The van der Waals surface area contributed by atoms with E-state index in [1.165, 1.54) is 5.56 Å². The van der Waals surface area contributed by atoms with Crippen molar-refractivity contribution in [2.75, 3.05) is 32.7 Å². The van der Waals surface area contributed by atoms with Crippen molar-refractivity contribution >= 4 is 24.3 Å². The van der Waals surface area contributed by atoms with E-state index in [-0.39, 0.29) is 24.9 Å². The van der Waals surface area contributed by atoms with Crippen molar-refractivity contribution in [1.82, 2.24) is 9.80 Å². The van der Waals surface area contributed by atoms with Crippen LogP contribution in [0.5, 0.6) is 0 Å². The van der Waals surface area contributed by atoms with Gasteiger partial charge in [0.05, 0.1) is 6.54 Å². The highest BCUT2D eigenvalue weighted by Crippen LogP contribution is 2.10. The zero-order valence-corrected chi connectivity index (χ0v) is 12.9. The number of rotatable bonds is 4. The molecular weight excluding hydrogens is 292 g/mol. The van der Waals surface area contributed by atoms with Crippen molar-refractivity contribution in [1.29, 1.82) is 0 Å². The fourth-order valence-corrected chi connectivity index (χ4v) is 2.37. The molecule has 0 atom stereocenters. The average Bonchev–Trinajstić information content (AvgIpc) is 2.47. The lowest BCUT2D eigenvalue weighted by atomic mass is 10.1. The first-order valence-corrected chi connectivity index (χ1v) is 6.92. The number of hydrogen-bond donors (Lipinski definition) is 1. The molecule has 1 aliphatic heterocycles. The van der Waals surface area contributed by atoms with Crippen molar-refractivity contribution in [3.8, 4) is 0 Å². The van der Waals surface area contributed by atoms with Gasteiger partial charge in [0, 0.05) is 31.7 Å². The third-order valence-corrected chi connectivity index (χ3v) is 3.63. The second-order valence-corrected chi connectivity index (χ2v) is 5.01. The van der Waals surface area contributed by atoms with E-state index in [0.717, 1.165) is 6.42 Å². The molecule has 1 saturated heterocycles. The van der Waals surface area contributed by atoms with Crippen LogP contribution in [-0.4, -0.2) is 59.5 Å². The van der Waals surface area contributed by atoms with Crippen molar-refractivity contribution in [3.05, 3.63) is 35.4 Å². The van der Waals surface area contributed by atoms with Crippen LogP contribution in [-0.2, 0) is 11.2 Å². The number of hydrogen-bond acceptors (Lipinski definition) is 3. The molecule has 1 aliphatic rings. The Morgan fingerprint density at radius 1 is 1.10 bits per heavy atom. The van der Waals surface area contributed by atoms with Crippen molar-refractivity contribution in [3.63, 3.8) is 0 Å². The molecule has 0 unspecified atom stereocenters. The van der Waals surface area contributed by atoms with Crippen LogP contribution >= 0.6 is 12.4 Å². The number of carboxylic acids is 1. The smallest absolute Gasteiger partial charge is 0.317 e. The van der Waals surface area contributed by atoms with Gasteiger partial charge in [-0.15, -0.1) is 12.4 Å². The minimum Gasteiger partial charge on any atom is -0.480 e. The van der Waals surface area contributed by atoms with Crippen LogP contribution in [0.3, 0.4) is 0 Å². The number of halogens is 1. The Kier molecular flexibility index (Phi) is 6.65. The summed E-state index contributed by atoms with van der Waals surface area (Å²) in [6.45, 7) is 4.53. The number of carboxylic acid groups (broad SMARTS) is 1. The van der Waals surface area contributed by atoms with Gasteiger partial charge in [0.1, 0.15) is 0 Å². The summed E-state index contributed by atoms with van der Waals surface area (Å²) < 4.78 is 0. The molecule has 0 spiro atoms. The third-order valence-electron chi connectivity index (χ3n) is 3.63. The van der Waals surface area contributed by atoms with Crippen LogP contribution in [0.25, 0.3) is 0 Å². The predicted molar refractivity (Wildman–Crippen MR) is 83.0 cm³/mol. The Labute approximate surface area is 131 Å². The number of aryl methyl sites for hydroxylation is 1. The van der Waals surface area contributed by atoms with Crippen LogP contribution in [0.1, 0.15) is 22.8 Å². The minimum absolute atomic E-state index is 0.